The van der Waals surface area contributed by atoms with Crippen molar-refractivity contribution in [3.05, 3.63) is 52.6 Å². The fraction of sp³-hybridized carbons (Fsp3) is 0.278. The predicted octanol–water partition coefficient (Wildman–Crippen LogP) is 2.81. The van der Waals surface area contributed by atoms with Crippen LogP contribution in [0.15, 0.2) is 30.3 Å². The number of aryl methyl sites for hydroxylation is 1. The lowest BCUT2D eigenvalue weighted by Crippen LogP contribution is -2.30. The molecule has 0 radical (unpaired) electrons. The van der Waals surface area contributed by atoms with Crippen molar-refractivity contribution in [2.75, 3.05) is 6.61 Å². The Balaban J connectivity index is 1.67. The van der Waals surface area contributed by atoms with Gasteiger partial charge in [0.1, 0.15) is 17.6 Å². The van der Waals surface area contributed by atoms with Crippen LogP contribution in [0.25, 0.3) is 11.8 Å². The molecule has 1 aliphatic rings. The molecule has 2 aromatic rings. The average molecular weight is 378 g/mol. The number of hydrogen-bond donors (Lipinski definition) is 1. The van der Waals surface area contributed by atoms with E-state index in [9.17, 15) is 14.0 Å². The highest BCUT2D eigenvalue weighted by Crippen LogP contribution is 2.24. The van der Waals surface area contributed by atoms with Crippen molar-refractivity contribution in [2.45, 2.75) is 25.8 Å². The van der Waals surface area contributed by atoms with E-state index in [1.165, 1.54) is 29.0 Å². The molecule has 0 saturated carbocycles. The van der Waals surface area contributed by atoms with Crippen molar-refractivity contribution in [1.82, 2.24) is 15.1 Å². The van der Waals surface area contributed by atoms with E-state index in [4.69, 9.17) is 16.3 Å². The number of halogens is 2. The summed E-state index contributed by atoms with van der Waals surface area (Å²) in [6, 6.07) is 5.62. The van der Waals surface area contributed by atoms with Gasteiger partial charge in [-0.25, -0.2) is 13.9 Å². The van der Waals surface area contributed by atoms with Crippen LogP contribution in [0.2, 0.25) is 5.15 Å². The lowest BCUT2D eigenvalue weighted by molar-refractivity contribution is -0.138. The van der Waals surface area contributed by atoms with Gasteiger partial charge in [0, 0.05) is 18.1 Å². The largest absolute Gasteiger partial charge is 0.460 e. The molecule has 3 rings (SSSR count). The number of nitrogens with zero attached hydrogens (tertiary/aromatic N) is 2. The smallest absolute Gasteiger partial charge is 0.330 e. The van der Waals surface area contributed by atoms with Gasteiger partial charge < -0.3 is 10.1 Å². The summed E-state index contributed by atoms with van der Waals surface area (Å²) in [5, 5.41) is 7.35. The van der Waals surface area contributed by atoms with Crippen LogP contribution in [0.1, 0.15) is 24.1 Å². The lowest BCUT2D eigenvalue weighted by Gasteiger charge is -2.08. The molecular formula is C18H17ClFN3O3. The molecule has 1 N–H and O–H groups in total. The number of rotatable bonds is 5. The van der Waals surface area contributed by atoms with E-state index in [2.05, 4.69) is 10.4 Å². The predicted molar refractivity (Wildman–Crippen MR) is 94.4 cm³/mol. The first-order valence-corrected chi connectivity index (χ1v) is 8.47. The summed E-state index contributed by atoms with van der Waals surface area (Å²) >= 11 is 6.34. The fourth-order valence-electron chi connectivity index (χ4n) is 2.64. The third kappa shape index (κ3) is 4.11. The molecule has 8 heteroatoms. The molecule has 0 spiro atoms. The number of hydrogen-bond acceptors (Lipinski definition) is 4. The van der Waals surface area contributed by atoms with Crippen LogP contribution in [-0.4, -0.2) is 34.3 Å². The second-order valence-electron chi connectivity index (χ2n) is 5.94. The van der Waals surface area contributed by atoms with Crippen molar-refractivity contribution in [3.8, 4) is 5.69 Å². The summed E-state index contributed by atoms with van der Waals surface area (Å²) in [4.78, 5) is 23.0. The topological polar surface area (TPSA) is 73.2 Å². The number of esters is 1. The van der Waals surface area contributed by atoms with Crippen molar-refractivity contribution in [3.63, 3.8) is 0 Å². The first-order valence-electron chi connectivity index (χ1n) is 8.09. The molecule has 1 fully saturated rings. The third-order valence-corrected chi connectivity index (χ3v) is 4.38. The van der Waals surface area contributed by atoms with Gasteiger partial charge in [0.25, 0.3) is 0 Å². The zero-order valence-electron chi connectivity index (χ0n) is 14.0. The number of ether oxygens (including phenoxy) is 1. The van der Waals surface area contributed by atoms with Gasteiger partial charge in [-0.2, -0.15) is 5.10 Å². The van der Waals surface area contributed by atoms with Crippen LogP contribution in [0.5, 0.6) is 0 Å². The van der Waals surface area contributed by atoms with E-state index in [0.717, 1.165) is 0 Å². The van der Waals surface area contributed by atoms with Crippen LogP contribution in [-0.2, 0) is 14.3 Å². The van der Waals surface area contributed by atoms with Gasteiger partial charge in [0.15, 0.2) is 0 Å². The quantitative estimate of drug-likeness (QED) is 0.642. The Bertz CT molecular complexity index is 861. The van der Waals surface area contributed by atoms with E-state index in [1.807, 2.05) is 0 Å². The average Bonchev–Trinajstić information content (AvgIpc) is 3.15. The minimum atomic E-state index is -0.531. The molecule has 1 atom stereocenters. The molecule has 1 aliphatic heterocycles. The Labute approximate surface area is 154 Å². The minimum absolute atomic E-state index is 0.0304. The van der Waals surface area contributed by atoms with E-state index in [0.29, 0.717) is 34.9 Å². The first-order chi connectivity index (χ1) is 12.4. The van der Waals surface area contributed by atoms with Gasteiger partial charge in [0.05, 0.1) is 17.4 Å². The number of aromatic nitrogens is 2. The van der Waals surface area contributed by atoms with Crippen LogP contribution in [0.4, 0.5) is 4.39 Å². The number of carbonyl (C=O) groups excluding carboxylic acids is 2. The Morgan fingerprint density at radius 2 is 2.19 bits per heavy atom. The third-order valence-electron chi connectivity index (χ3n) is 4.02. The van der Waals surface area contributed by atoms with Crippen LogP contribution in [0, 0.1) is 12.7 Å². The van der Waals surface area contributed by atoms with Gasteiger partial charge in [-0.3, -0.25) is 4.79 Å². The molecule has 6 nitrogen and oxygen atoms in total. The molecule has 1 unspecified atom stereocenters. The van der Waals surface area contributed by atoms with Crippen LogP contribution in [0.3, 0.4) is 0 Å². The number of nitrogens with one attached hydrogen (secondary N) is 1. The van der Waals surface area contributed by atoms with Gasteiger partial charge in [-0.1, -0.05) is 11.6 Å². The zero-order chi connectivity index (χ0) is 18.7. The summed E-state index contributed by atoms with van der Waals surface area (Å²) in [5.74, 6) is -0.913. The normalized spacial score (nSPS) is 16.9. The SMILES string of the molecule is Cc1nn(-c2ccc(F)cc2)c(Cl)c1/C=C/C(=O)OCC1CCC(=O)N1. The molecule has 0 bridgehead atoms. The van der Waals surface area contributed by atoms with E-state index >= 15 is 0 Å². The minimum Gasteiger partial charge on any atom is -0.460 e. The number of benzene rings is 1. The van der Waals surface area contributed by atoms with Crippen molar-refractivity contribution in [1.29, 1.82) is 0 Å². The maximum absolute atomic E-state index is 13.1. The van der Waals surface area contributed by atoms with E-state index < -0.39 is 5.97 Å². The Morgan fingerprint density at radius 3 is 2.85 bits per heavy atom. The van der Waals surface area contributed by atoms with Gasteiger partial charge in [-0.15, -0.1) is 0 Å². The molecule has 136 valence electrons. The fourth-order valence-corrected chi connectivity index (χ4v) is 2.97. The van der Waals surface area contributed by atoms with Crippen molar-refractivity contribution >= 4 is 29.6 Å². The summed E-state index contributed by atoms with van der Waals surface area (Å²) in [6.07, 6.45) is 3.91. The molecular weight excluding hydrogens is 361 g/mol. The highest BCUT2D eigenvalue weighted by atomic mass is 35.5. The van der Waals surface area contributed by atoms with Gasteiger partial charge >= 0.3 is 5.97 Å². The number of amides is 1. The summed E-state index contributed by atoms with van der Waals surface area (Å²) in [6.45, 7) is 1.89. The molecule has 2 heterocycles. The molecule has 1 amide bonds. The molecule has 1 aromatic heterocycles. The van der Waals surface area contributed by atoms with Gasteiger partial charge in [-0.05, 0) is 43.7 Å². The van der Waals surface area contributed by atoms with Crippen molar-refractivity contribution < 1.29 is 18.7 Å². The molecule has 1 saturated heterocycles. The molecule has 26 heavy (non-hydrogen) atoms. The summed E-state index contributed by atoms with van der Waals surface area (Å²) < 4.78 is 19.7. The van der Waals surface area contributed by atoms with E-state index in [-0.39, 0.29) is 24.4 Å². The van der Waals surface area contributed by atoms with Crippen molar-refractivity contribution in [2.24, 2.45) is 0 Å². The highest BCUT2D eigenvalue weighted by molar-refractivity contribution is 6.31. The highest BCUT2D eigenvalue weighted by Gasteiger charge is 2.21. The zero-order valence-corrected chi connectivity index (χ0v) is 14.8. The van der Waals surface area contributed by atoms with Gasteiger partial charge in [0.2, 0.25) is 5.91 Å². The Kier molecular flexibility index (Phi) is 5.37. The Hall–Kier alpha value is -2.67. The maximum atomic E-state index is 13.1. The maximum Gasteiger partial charge on any atom is 0.330 e. The lowest BCUT2D eigenvalue weighted by atomic mass is 10.2. The first kappa shape index (κ1) is 18.1. The summed E-state index contributed by atoms with van der Waals surface area (Å²) in [7, 11) is 0. The molecule has 1 aromatic carbocycles. The second-order valence-corrected chi connectivity index (χ2v) is 6.30. The van der Waals surface area contributed by atoms with Crippen LogP contribution >= 0.6 is 11.6 Å². The van der Waals surface area contributed by atoms with Crippen LogP contribution < -0.4 is 5.32 Å². The standard InChI is InChI=1S/C18H17ClFN3O3/c1-11-15(7-9-17(25)26-10-13-4-8-16(24)21-13)18(19)23(22-11)14-5-2-12(20)3-6-14/h2-3,5-7,9,13H,4,8,10H2,1H3,(H,21,24)/b9-7+. The Morgan fingerprint density at radius 1 is 1.46 bits per heavy atom. The summed E-state index contributed by atoms with van der Waals surface area (Å²) in [5.41, 5.74) is 1.80. The van der Waals surface area contributed by atoms with E-state index in [1.54, 1.807) is 19.1 Å². The molecule has 0 aliphatic carbocycles. The second kappa shape index (κ2) is 7.70. The monoisotopic (exact) mass is 377 g/mol. The number of carbonyl (C=O) groups is 2.